The summed E-state index contributed by atoms with van der Waals surface area (Å²) in [6.45, 7) is 4.49. The van der Waals surface area contributed by atoms with Crippen LogP contribution in [0.2, 0.25) is 0 Å². The zero-order valence-corrected chi connectivity index (χ0v) is 15.9. The molecule has 1 N–H and O–H groups in total. The van der Waals surface area contributed by atoms with Crippen LogP contribution in [0.4, 0.5) is 0 Å². The fourth-order valence-electron chi connectivity index (χ4n) is 4.66. The minimum absolute atomic E-state index is 0.160. The molecule has 132 valence electrons. The van der Waals surface area contributed by atoms with Gasteiger partial charge in [-0.05, 0) is 53.2 Å². The summed E-state index contributed by atoms with van der Waals surface area (Å²) in [6.07, 6.45) is 6.46. The molecule has 4 atom stereocenters. The fraction of sp³-hybridized carbons (Fsp3) is 0.500. The van der Waals surface area contributed by atoms with Gasteiger partial charge in [-0.25, -0.2) is 0 Å². The molecule has 2 aliphatic carbocycles. The number of ketones is 1. The molecule has 0 aromatic heterocycles. The quantitative estimate of drug-likeness (QED) is 0.822. The van der Waals surface area contributed by atoms with Crippen molar-refractivity contribution in [3.8, 4) is 0 Å². The molecule has 1 fully saturated rings. The maximum atomic E-state index is 12.1. The predicted octanol–water partition coefficient (Wildman–Crippen LogP) is 5.07. The van der Waals surface area contributed by atoms with E-state index in [1.54, 1.807) is 0 Å². The van der Waals surface area contributed by atoms with E-state index in [0.717, 1.165) is 31.4 Å². The molecular formula is C22H27NOS. The zero-order valence-electron chi connectivity index (χ0n) is 15.1. The Hall–Kier alpha value is -1.48. The second kappa shape index (κ2) is 7.03. The van der Waals surface area contributed by atoms with Gasteiger partial charge in [0.05, 0.1) is 0 Å². The molecule has 0 amide bonds. The van der Waals surface area contributed by atoms with Gasteiger partial charge in [-0.15, -0.1) is 11.8 Å². The van der Waals surface area contributed by atoms with Crippen LogP contribution >= 0.6 is 11.8 Å². The lowest BCUT2D eigenvalue weighted by Crippen LogP contribution is -2.52. The van der Waals surface area contributed by atoms with Crippen LogP contribution in [0.1, 0.15) is 45.1 Å². The van der Waals surface area contributed by atoms with E-state index in [1.807, 2.05) is 11.8 Å². The van der Waals surface area contributed by atoms with Crippen molar-refractivity contribution in [3.05, 3.63) is 58.1 Å². The van der Waals surface area contributed by atoms with Gasteiger partial charge in [-0.2, -0.15) is 0 Å². The van der Waals surface area contributed by atoms with Crippen LogP contribution in [0, 0.1) is 17.8 Å². The van der Waals surface area contributed by atoms with Crippen molar-refractivity contribution in [2.24, 2.45) is 17.8 Å². The van der Waals surface area contributed by atoms with Gasteiger partial charge in [0.25, 0.3) is 0 Å². The third-order valence-electron chi connectivity index (χ3n) is 6.26. The first-order valence-corrected chi connectivity index (χ1v) is 10.5. The van der Waals surface area contributed by atoms with Gasteiger partial charge in [-0.3, -0.25) is 4.79 Å². The first-order chi connectivity index (χ1) is 12.1. The molecule has 0 bridgehead atoms. The van der Waals surface area contributed by atoms with E-state index in [4.69, 9.17) is 0 Å². The Balaban J connectivity index is 1.51. The van der Waals surface area contributed by atoms with E-state index in [1.165, 1.54) is 21.7 Å². The maximum absolute atomic E-state index is 12.1. The molecule has 0 radical (unpaired) electrons. The van der Waals surface area contributed by atoms with Gasteiger partial charge in [0, 0.05) is 29.8 Å². The van der Waals surface area contributed by atoms with Gasteiger partial charge in [0.15, 0.2) is 0 Å². The number of hydrogen-bond acceptors (Lipinski definition) is 3. The van der Waals surface area contributed by atoms with E-state index in [9.17, 15) is 4.79 Å². The Labute approximate surface area is 155 Å². The minimum Gasteiger partial charge on any atom is -0.384 e. The average Bonchev–Trinajstić information content (AvgIpc) is 2.65. The molecule has 4 rings (SSSR count). The number of carbonyl (C=O) groups is 1. The molecule has 2 unspecified atom stereocenters. The molecule has 1 aromatic carbocycles. The lowest BCUT2D eigenvalue weighted by Gasteiger charge is -2.46. The monoisotopic (exact) mass is 353 g/mol. The molecule has 1 heterocycles. The maximum Gasteiger partial charge on any atom is 0.137 e. The van der Waals surface area contributed by atoms with Crippen molar-refractivity contribution in [2.45, 2.75) is 51.3 Å². The lowest BCUT2D eigenvalue weighted by molar-refractivity contribution is -0.126. The van der Waals surface area contributed by atoms with E-state index < -0.39 is 0 Å². The van der Waals surface area contributed by atoms with Crippen molar-refractivity contribution in [1.82, 2.24) is 5.32 Å². The third kappa shape index (κ3) is 3.31. The number of hydrogen-bond donors (Lipinski definition) is 1. The van der Waals surface area contributed by atoms with Gasteiger partial charge >= 0.3 is 0 Å². The van der Waals surface area contributed by atoms with E-state index in [0.29, 0.717) is 23.7 Å². The Bertz CT molecular complexity index is 721. The highest BCUT2D eigenvalue weighted by molar-refractivity contribution is 8.02. The number of fused-ring (bicyclic) bond motifs is 1. The zero-order chi connectivity index (χ0) is 17.4. The largest absolute Gasteiger partial charge is 0.384 e. The second-order valence-corrected chi connectivity index (χ2v) is 8.84. The van der Waals surface area contributed by atoms with Gasteiger partial charge in [0.1, 0.15) is 5.78 Å². The first-order valence-electron chi connectivity index (χ1n) is 9.53. The van der Waals surface area contributed by atoms with Crippen LogP contribution in [-0.4, -0.2) is 11.8 Å². The number of Topliss-reactive ketones (excluding diaryl/α,β-unsaturated/α-hetero) is 1. The summed E-state index contributed by atoms with van der Waals surface area (Å²) in [6, 6.07) is 11.1. The number of nitrogens with one attached hydrogen (secondary N) is 1. The summed E-state index contributed by atoms with van der Waals surface area (Å²) < 4.78 is 0. The smallest absolute Gasteiger partial charge is 0.137 e. The standard InChI is InChI=1S/C22H27NOS/c1-14-18-9-11-21(24)15(2)22(18)23-20-10-8-17(12-19(14)20)25-13-16-6-4-3-5-7-16/h3-7,12,14-15,18,22-23H,8-11,13H2,1-2H3/t14-,15?,18?,22-/m0/s1. The summed E-state index contributed by atoms with van der Waals surface area (Å²) in [5, 5.41) is 3.77. The SMILES string of the molecule is CC1C(=O)CCC2[C@H]1NC1=C(C=C(SCc3ccccc3)CC1)[C@H]2C. The van der Waals surface area contributed by atoms with Crippen molar-refractivity contribution in [1.29, 1.82) is 0 Å². The van der Waals surface area contributed by atoms with E-state index in [2.05, 4.69) is 55.6 Å². The Morgan fingerprint density at radius 2 is 1.88 bits per heavy atom. The molecule has 25 heavy (non-hydrogen) atoms. The Kier molecular flexibility index (Phi) is 4.77. The second-order valence-electron chi connectivity index (χ2n) is 7.74. The van der Waals surface area contributed by atoms with Crippen LogP contribution in [-0.2, 0) is 10.5 Å². The number of benzene rings is 1. The third-order valence-corrected chi connectivity index (χ3v) is 7.43. The summed E-state index contributed by atoms with van der Waals surface area (Å²) in [4.78, 5) is 13.6. The van der Waals surface area contributed by atoms with Crippen LogP contribution in [0.3, 0.4) is 0 Å². The van der Waals surface area contributed by atoms with E-state index in [-0.39, 0.29) is 5.92 Å². The Morgan fingerprint density at radius 1 is 1.08 bits per heavy atom. The summed E-state index contributed by atoms with van der Waals surface area (Å²) in [5.41, 5.74) is 4.30. The number of thioether (sulfide) groups is 1. The number of rotatable bonds is 3. The number of carbonyl (C=O) groups excluding carboxylic acids is 1. The van der Waals surface area contributed by atoms with Crippen molar-refractivity contribution in [2.75, 3.05) is 0 Å². The molecular weight excluding hydrogens is 326 g/mol. The van der Waals surface area contributed by atoms with Crippen molar-refractivity contribution in [3.63, 3.8) is 0 Å². The topological polar surface area (TPSA) is 29.1 Å². The van der Waals surface area contributed by atoms with Crippen molar-refractivity contribution >= 4 is 17.5 Å². The van der Waals surface area contributed by atoms with Crippen LogP contribution < -0.4 is 5.32 Å². The van der Waals surface area contributed by atoms with Gasteiger partial charge in [0.2, 0.25) is 0 Å². The Morgan fingerprint density at radius 3 is 2.68 bits per heavy atom. The molecule has 1 aliphatic heterocycles. The molecule has 3 aliphatic rings. The highest BCUT2D eigenvalue weighted by Gasteiger charge is 2.43. The van der Waals surface area contributed by atoms with E-state index >= 15 is 0 Å². The predicted molar refractivity (Wildman–Crippen MR) is 105 cm³/mol. The number of allylic oxidation sites excluding steroid dienone is 4. The summed E-state index contributed by atoms with van der Waals surface area (Å²) in [7, 11) is 0. The lowest BCUT2D eigenvalue weighted by atomic mass is 9.66. The minimum atomic E-state index is 0.160. The van der Waals surface area contributed by atoms with Crippen LogP contribution in [0.25, 0.3) is 0 Å². The molecule has 0 saturated heterocycles. The average molecular weight is 354 g/mol. The normalized spacial score (nSPS) is 31.8. The highest BCUT2D eigenvalue weighted by Crippen LogP contribution is 2.44. The first kappa shape index (κ1) is 17.0. The van der Waals surface area contributed by atoms with Crippen LogP contribution in [0.15, 0.2) is 52.6 Å². The summed E-state index contributed by atoms with van der Waals surface area (Å²) in [5.74, 6) is 2.81. The van der Waals surface area contributed by atoms with Crippen LogP contribution in [0.5, 0.6) is 0 Å². The molecule has 1 aromatic rings. The molecule has 2 nitrogen and oxygen atoms in total. The van der Waals surface area contributed by atoms with Gasteiger partial charge in [-0.1, -0.05) is 44.2 Å². The molecule has 3 heteroatoms. The highest BCUT2D eigenvalue weighted by atomic mass is 32.2. The van der Waals surface area contributed by atoms with Gasteiger partial charge < -0.3 is 5.32 Å². The molecule has 1 saturated carbocycles. The van der Waals surface area contributed by atoms with Crippen molar-refractivity contribution < 1.29 is 4.79 Å². The fourth-order valence-corrected chi connectivity index (χ4v) is 5.66. The summed E-state index contributed by atoms with van der Waals surface area (Å²) >= 11 is 1.98. The molecule has 0 spiro atoms.